The number of rotatable bonds is 1. The molecule has 0 spiro atoms. The van der Waals surface area contributed by atoms with Crippen LogP contribution in [0.1, 0.15) is 20.8 Å². The lowest BCUT2D eigenvalue weighted by atomic mass is 10.2. The van der Waals surface area contributed by atoms with Crippen LogP contribution in [0.15, 0.2) is 0 Å². The van der Waals surface area contributed by atoms with Crippen LogP contribution >= 0.6 is 0 Å². The van der Waals surface area contributed by atoms with Crippen molar-refractivity contribution in [1.29, 1.82) is 0 Å². The van der Waals surface area contributed by atoms with Crippen LogP contribution in [0.2, 0.25) is 0 Å². The molecule has 0 aliphatic rings. The predicted molar refractivity (Wildman–Crippen MR) is 53.1 cm³/mol. The van der Waals surface area contributed by atoms with Gasteiger partial charge in [0.15, 0.2) is 0 Å². The van der Waals surface area contributed by atoms with Crippen LogP contribution in [-0.4, -0.2) is 13.9 Å². The first kappa shape index (κ1) is 10.9. The van der Waals surface area contributed by atoms with Crippen LogP contribution in [0.3, 0.4) is 0 Å². The number of hydrogen-bond donors (Lipinski definition) is 0. The Morgan fingerprint density at radius 1 is 1.00 bits per heavy atom. The van der Waals surface area contributed by atoms with E-state index < -0.39 is 8.32 Å². The highest BCUT2D eigenvalue weighted by molar-refractivity contribution is 6.95. The lowest BCUT2D eigenvalue weighted by Gasteiger charge is -2.25. The molecule has 2 heteroatoms. The van der Waals surface area contributed by atoms with E-state index in [2.05, 4.69) is 16.6 Å². The molecule has 0 amide bonds. The van der Waals surface area contributed by atoms with Gasteiger partial charge in [-0.05, 0) is 20.8 Å². The molecule has 0 rings (SSSR count). The highest BCUT2D eigenvalue weighted by atomic mass is 28.4. The molecule has 0 aromatic carbocycles. The monoisotopic (exact) mass is 176 g/mol. The van der Waals surface area contributed by atoms with E-state index in [1.165, 1.54) is 0 Å². The van der Waals surface area contributed by atoms with Gasteiger partial charge < -0.3 is 4.43 Å². The van der Waals surface area contributed by atoms with Crippen LogP contribution in [0.4, 0.5) is 0 Å². The van der Waals surface area contributed by atoms with Crippen LogP contribution in [0, 0.1) is 35.9 Å². The molecule has 0 aromatic heterocycles. The van der Waals surface area contributed by atoms with Gasteiger partial charge in [-0.25, -0.2) is 0 Å². The lowest BCUT2D eigenvalue weighted by molar-refractivity contribution is 0.131. The summed E-state index contributed by atoms with van der Waals surface area (Å²) in [7, 11) is -2.77. The Morgan fingerprint density at radius 2 is 1.33 bits per heavy atom. The van der Waals surface area contributed by atoms with E-state index in [1.54, 1.807) is 0 Å². The molecule has 0 saturated heterocycles. The highest BCUT2D eigenvalue weighted by Gasteiger charge is 2.34. The topological polar surface area (TPSA) is 9.23 Å². The molecule has 0 N–H and O–H groups in total. The van der Waals surface area contributed by atoms with E-state index in [1.807, 2.05) is 20.8 Å². The molecule has 0 bridgehead atoms. The zero-order chi connectivity index (χ0) is 9.83. The van der Waals surface area contributed by atoms with Crippen molar-refractivity contribution in [2.24, 2.45) is 0 Å². The predicted octanol–water partition coefficient (Wildman–Crippen LogP) is 1.26. The summed E-state index contributed by atoms with van der Waals surface area (Å²) in [5.74, 6) is 0. The Kier molecular flexibility index (Phi) is 3.17. The molecule has 0 heterocycles. The third-order valence-electron chi connectivity index (χ3n) is 1.07. The second-order valence-electron chi connectivity index (χ2n) is 3.33. The smallest absolute Gasteiger partial charge is 0.383 e. The normalized spacial score (nSPS) is 11.0. The van der Waals surface area contributed by atoms with Crippen LogP contribution < -0.4 is 0 Å². The molecule has 0 aliphatic carbocycles. The largest absolute Gasteiger partial charge is 0.436 e. The Labute approximate surface area is 75.6 Å². The minimum atomic E-state index is -2.77. The minimum Gasteiger partial charge on any atom is -0.383 e. The van der Waals surface area contributed by atoms with Crippen molar-refractivity contribution in [3.05, 3.63) is 0 Å². The zero-order valence-electron chi connectivity index (χ0n) is 7.64. The zero-order valence-corrected chi connectivity index (χ0v) is 8.64. The second-order valence-corrected chi connectivity index (χ2v) is 5.76. The van der Waals surface area contributed by atoms with E-state index in [4.69, 9.17) is 23.7 Å². The van der Waals surface area contributed by atoms with Gasteiger partial charge in [-0.1, -0.05) is 16.6 Å². The standard InChI is InChI=1S/C10H12OSi/c1-7-12(8-2,9-3)11-10(4,5)6/h1-3H,4-6H3. The van der Waals surface area contributed by atoms with Crippen molar-refractivity contribution >= 4 is 8.32 Å². The van der Waals surface area contributed by atoms with Crippen LogP contribution in [0.25, 0.3) is 0 Å². The van der Waals surface area contributed by atoms with Crippen molar-refractivity contribution < 1.29 is 4.43 Å². The van der Waals surface area contributed by atoms with Gasteiger partial charge in [0, 0.05) is 0 Å². The van der Waals surface area contributed by atoms with Gasteiger partial charge in [-0.2, -0.15) is 0 Å². The van der Waals surface area contributed by atoms with Gasteiger partial charge in [0.25, 0.3) is 0 Å². The minimum absolute atomic E-state index is 0.378. The van der Waals surface area contributed by atoms with Gasteiger partial charge in [-0.3, -0.25) is 0 Å². The Morgan fingerprint density at radius 3 is 1.42 bits per heavy atom. The molecular weight excluding hydrogens is 164 g/mol. The molecule has 0 aliphatic heterocycles. The number of hydrogen-bond acceptors (Lipinski definition) is 1. The van der Waals surface area contributed by atoms with E-state index in [-0.39, 0.29) is 5.60 Å². The fraction of sp³-hybridized carbons (Fsp3) is 0.400. The summed E-state index contributed by atoms with van der Waals surface area (Å²) in [5, 5.41) is 0. The molecule has 62 valence electrons. The lowest BCUT2D eigenvalue weighted by Crippen LogP contribution is -2.42. The van der Waals surface area contributed by atoms with E-state index in [0.29, 0.717) is 0 Å². The molecule has 0 atom stereocenters. The number of terminal acetylenes is 3. The second kappa shape index (κ2) is 3.50. The van der Waals surface area contributed by atoms with Crippen LogP contribution in [-0.2, 0) is 4.43 Å². The maximum atomic E-state index is 5.50. The SMILES string of the molecule is C#C[Si](C#C)(C#C)OC(C)(C)C. The fourth-order valence-corrected chi connectivity index (χ4v) is 2.02. The summed E-state index contributed by atoms with van der Waals surface area (Å²) >= 11 is 0. The van der Waals surface area contributed by atoms with Gasteiger partial charge in [0.1, 0.15) is 0 Å². The van der Waals surface area contributed by atoms with Gasteiger partial charge in [-0.15, -0.1) is 19.3 Å². The molecule has 1 nitrogen and oxygen atoms in total. The Hall–Kier alpha value is -1.14. The fourth-order valence-electron chi connectivity index (χ4n) is 0.673. The first-order valence-corrected chi connectivity index (χ1v) is 5.43. The molecule has 0 aromatic rings. The Bertz CT molecular complexity index is 241. The Balaban J connectivity index is 4.76. The molecule has 0 unspecified atom stereocenters. The third-order valence-corrected chi connectivity index (χ3v) is 3.21. The van der Waals surface area contributed by atoms with Crippen molar-refractivity contribution in [2.45, 2.75) is 26.4 Å². The molecule has 0 fully saturated rings. The molecule has 0 saturated carbocycles. The van der Waals surface area contributed by atoms with Crippen LogP contribution in [0.5, 0.6) is 0 Å². The summed E-state index contributed by atoms with van der Waals surface area (Å²) in [4.78, 5) is 0. The molecular formula is C10H12OSi. The molecule has 12 heavy (non-hydrogen) atoms. The summed E-state index contributed by atoms with van der Waals surface area (Å²) in [6, 6.07) is 0. The maximum absolute atomic E-state index is 5.50. The van der Waals surface area contributed by atoms with E-state index >= 15 is 0 Å². The average molecular weight is 176 g/mol. The first-order valence-electron chi connectivity index (χ1n) is 3.52. The summed E-state index contributed by atoms with van der Waals surface area (Å²) in [6.45, 7) is 5.63. The van der Waals surface area contributed by atoms with Crippen molar-refractivity contribution in [3.63, 3.8) is 0 Å². The van der Waals surface area contributed by atoms with Crippen molar-refractivity contribution in [3.8, 4) is 35.9 Å². The first-order chi connectivity index (χ1) is 5.39. The third kappa shape index (κ3) is 2.85. The average Bonchev–Trinajstić information content (AvgIpc) is 1.99. The van der Waals surface area contributed by atoms with Gasteiger partial charge >= 0.3 is 8.32 Å². The van der Waals surface area contributed by atoms with Crippen molar-refractivity contribution in [2.75, 3.05) is 0 Å². The van der Waals surface area contributed by atoms with Crippen molar-refractivity contribution in [1.82, 2.24) is 0 Å². The van der Waals surface area contributed by atoms with E-state index in [9.17, 15) is 0 Å². The summed E-state index contributed by atoms with van der Waals surface area (Å²) in [5.41, 5.74) is 6.87. The molecule has 0 radical (unpaired) electrons. The quantitative estimate of drug-likeness (QED) is 0.432. The van der Waals surface area contributed by atoms with E-state index in [0.717, 1.165) is 0 Å². The summed E-state index contributed by atoms with van der Waals surface area (Å²) < 4.78 is 5.50. The summed E-state index contributed by atoms with van der Waals surface area (Å²) in [6.07, 6.45) is 15.7. The van der Waals surface area contributed by atoms with Gasteiger partial charge in [0.2, 0.25) is 0 Å². The highest BCUT2D eigenvalue weighted by Crippen LogP contribution is 2.14. The maximum Gasteiger partial charge on any atom is 0.436 e. The van der Waals surface area contributed by atoms with Gasteiger partial charge in [0.05, 0.1) is 5.60 Å².